The van der Waals surface area contributed by atoms with Crippen molar-refractivity contribution >= 4 is 16.8 Å². The lowest BCUT2D eigenvalue weighted by molar-refractivity contribution is 1.45. The third-order valence-corrected chi connectivity index (χ3v) is 0.477. The molecule has 0 aromatic rings. The number of rotatable bonds is 0. The van der Waals surface area contributed by atoms with Crippen LogP contribution in [0.1, 0.15) is 6.92 Å². The van der Waals surface area contributed by atoms with Crippen LogP contribution in [0.15, 0.2) is 4.99 Å². The molecule has 0 aliphatic heterocycles. The molecule has 0 heterocycles. The molecule has 0 spiro atoms. The average molecular weight is 91.5 g/mol. The molecule has 0 radical (unpaired) electrons. The summed E-state index contributed by atoms with van der Waals surface area (Å²) < 4.78 is 0. The molecular formula is C3H6ClN. The molecule has 0 fully saturated rings. The third-order valence-electron chi connectivity index (χ3n) is 0.308. The molecule has 0 N–H and O–H groups in total. The van der Waals surface area contributed by atoms with Crippen LogP contribution in [-0.2, 0) is 0 Å². The topological polar surface area (TPSA) is 12.4 Å². The van der Waals surface area contributed by atoms with Crippen LogP contribution in [0.2, 0.25) is 0 Å². The van der Waals surface area contributed by atoms with Gasteiger partial charge in [0.25, 0.3) is 0 Å². The van der Waals surface area contributed by atoms with E-state index in [0.29, 0.717) is 5.17 Å². The number of nitrogens with zero attached hydrogens (tertiary/aromatic N) is 1. The molecule has 0 aromatic carbocycles. The van der Waals surface area contributed by atoms with Gasteiger partial charge < -0.3 is 0 Å². The van der Waals surface area contributed by atoms with Gasteiger partial charge in [-0.2, -0.15) is 0 Å². The number of hydrogen-bond acceptors (Lipinski definition) is 1. The standard InChI is InChI=1S/C3H6ClN/c1-3(4)5-2/h1-2H3. The Morgan fingerprint density at radius 2 is 2.00 bits per heavy atom. The van der Waals surface area contributed by atoms with E-state index in [4.69, 9.17) is 11.6 Å². The Morgan fingerprint density at radius 1 is 1.80 bits per heavy atom. The van der Waals surface area contributed by atoms with Crippen molar-refractivity contribution in [3.8, 4) is 0 Å². The van der Waals surface area contributed by atoms with E-state index in [9.17, 15) is 0 Å². The lowest BCUT2D eigenvalue weighted by Crippen LogP contribution is -1.67. The first-order valence-electron chi connectivity index (χ1n) is 1.36. The van der Waals surface area contributed by atoms with E-state index in [2.05, 4.69) is 4.99 Å². The normalized spacial score (nSPS) is 12.2. The molecule has 0 aromatic heterocycles. The van der Waals surface area contributed by atoms with Crippen LogP contribution >= 0.6 is 11.6 Å². The van der Waals surface area contributed by atoms with Crippen molar-refractivity contribution in [3.63, 3.8) is 0 Å². The molecule has 30 valence electrons. The third kappa shape index (κ3) is 3.96. The summed E-state index contributed by atoms with van der Waals surface area (Å²) in [5.41, 5.74) is 0. The van der Waals surface area contributed by atoms with Gasteiger partial charge >= 0.3 is 0 Å². The summed E-state index contributed by atoms with van der Waals surface area (Å²) in [5, 5.41) is 0.602. The van der Waals surface area contributed by atoms with Crippen molar-refractivity contribution in [3.05, 3.63) is 0 Å². The Labute approximate surface area is 36.7 Å². The summed E-state index contributed by atoms with van der Waals surface area (Å²) in [6, 6.07) is 0. The van der Waals surface area contributed by atoms with Gasteiger partial charge in [0.05, 0.1) is 5.17 Å². The SMILES string of the molecule is CN=C(C)Cl. The molecule has 0 unspecified atom stereocenters. The van der Waals surface area contributed by atoms with E-state index in [-0.39, 0.29) is 0 Å². The van der Waals surface area contributed by atoms with Crippen LogP contribution in [0.5, 0.6) is 0 Å². The first-order chi connectivity index (χ1) is 2.27. The zero-order valence-corrected chi connectivity index (χ0v) is 4.08. The highest BCUT2D eigenvalue weighted by atomic mass is 35.5. The van der Waals surface area contributed by atoms with Crippen molar-refractivity contribution in [2.24, 2.45) is 4.99 Å². The summed E-state index contributed by atoms with van der Waals surface area (Å²) in [5.74, 6) is 0. The molecule has 0 saturated heterocycles. The maximum Gasteiger partial charge on any atom is 0.0968 e. The molecule has 1 nitrogen and oxygen atoms in total. The Bertz CT molecular complexity index is 44.9. The summed E-state index contributed by atoms with van der Waals surface area (Å²) in [4.78, 5) is 3.57. The fraction of sp³-hybridized carbons (Fsp3) is 0.667. The zero-order valence-electron chi connectivity index (χ0n) is 3.33. The van der Waals surface area contributed by atoms with Gasteiger partial charge in [0.2, 0.25) is 0 Å². The van der Waals surface area contributed by atoms with Crippen LogP contribution in [0.3, 0.4) is 0 Å². The Hall–Kier alpha value is -0.0400. The van der Waals surface area contributed by atoms with E-state index in [1.165, 1.54) is 0 Å². The van der Waals surface area contributed by atoms with E-state index in [1.807, 2.05) is 0 Å². The highest BCUT2D eigenvalue weighted by molar-refractivity contribution is 6.64. The summed E-state index contributed by atoms with van der Waals surface area (Å²) in [6.45, 7) is 1.74. The second-order valence-corrected chi connectivity index (χ2v) is 1.27. The fourth-order valence-corrected chi connectivity index (χ4v) is 0. The van der Waals surface area contributed by atoms with Gasteiger partial charge in [-0.05, 0) is 6.92 Å². The van der Waals surface area contributed by atoms with Gasteiger partial charge in [-0.25, -0.2) is 0 Å². The maximum atomic E-state index is 5.21. The first kappa shape index (κ1) is 4.96. The second-order valence-electron chi connectivity index (χ2n) is 0.721. The molecule has 5 heavy (non-hydrogen) atoms. The molecule has 0 saturated carbocycles. The summed E-state index contributed by atoms with van der Waals surface area (Å²) >= 11 is 5.21. The Balaban J connectivity index is 3.14. The average Bonchev–Trinajstić information content (AvgIpc) is 1.38. The summed E-state index contributed by atoms with van der Waals surface area (Å²) in [7, 11) is 1.66. The van der Waals surface area contributed by atoms with Crippen LogP contribution < -0.4 is 0 Å². The molecular weight excluding hydrogens is 85.5 g/mol. The van der Waals surface area contributed by atoms with E-state index < -0.39 is 0 Å². The Morgan fingerprint density at radius 3 is 2.00 bits per heavy atom. The van der Waals surface area contributed by atoms with Gasteiger partial charge in [0.15, 0.2) is 0 Å². The van der Waals surface area contributed by atoms with Crippen LogP contribution in [0.25, 0.3) is 0 Å². The predicted octanol–water partition coefficient (Wildman–Crippen LogP) is 1.27. The molecule has 0 bridgehead atoms. The minimum absolute atomic E-state index is 0.602. The zero-order chi connectivity index (χ0) is 4.28. The van der Waals surface area contributed by atoms with Gasteiger partial charge in [-0.15, -0.1) is 0 Å². The molecule has 0 rings (SSSR count). The van der Waals surface area contributed by atoms with Gasteiger partial charge in [0.1, 0.15) is 0 Å². The predicted molar refractivity (Wildman–Crippen MR) is 24.9 cm³/mol. The van der Waals surface area contributed by atoms with Gasteiger partial charge in [-0.1, -0.05) is 11.6 Å². The van der Waals surface area contributed by atoms with Crippen LogP contribution in [0.4, 0.5) is 0 Å². The largest absolute Gasteiger partial charge is 0.281 e. The number of halogens is 1. The molecule has 0 amide bonds. The van der Waals surface area contributed by atoms with Gasteiger partial charge in [0, 0.05) is 7.05 Å². The second kappa shape index (κ2) is 2.21. The molecule has 0 atom stereocenters. The van der Waals surface area contributed by atoms with Crippen molar-refractivity contribution in [2.75, 3.05) is 7.05 Å². The van der Waals surface area contributed by atoms with E-state index >= 15 is 0 Å². The van der Waals surface area contributed by atoms with Crippen molar-refractivity contribution in [2.45, 2.75) is 6.92 Å². The fourth-order valence-electron chi connectivity index (χ4n) is 0. The van der Waals surface area contributed by atoms with Gasteiger partial charge in [-0.3, -0.25) is 4.99 Å². The highest BCUT2D eigenvalue weighted by Gasteiger charge is 1.66. The van der Waals surface area contributed by atoms with Crippen molar-refractivity contribution < 1.29 is 0 Å². The molecule has 0 aliphatic rings. The molecule has 2 heteroatoms. The minimum Gasteiger partial charge on any atom is -0.281 e. The smallest absolute Gasteiger partial charge is 0.0968 e. The quantitative estimate of drug-likeness (QED) is 0.398. The number of aliphatic imine (C=N–C) groups is 1. The highest BCUT2D eigenvalue weighted by Crippen LogP contribution is 1.76. The van der Waals surface area contributed by atoms with E-state index in [0.717, 1.165) is 0 Å². The van der Waals surface area contributed by atoms with Crippen molar-refractivity contribution in [1.29, 1.82) is 0 Å². The molecule has 0 aliphatic carbocycles. The van der Waals surface area contributed by atoms with Crippen molar-refractivity contribution in [1.82, 2.24) is 0 Å². The maximum absolute atomic E-state index is 5.21. The summed E-state index contributed by atoms with van der Waals surface area (Å²) in [6.07, 6.45) is 0. The minimum atomic E-state index is 0.602. The lowest BCUT2D eigenvalue weighted by Gasteiger charge is -1.70. The number of hydrogen-bond donors (Lipinski definition) is 0. The monoisotopic (exact) mass is 91.0 g/mol. The lowest BCUT2D eigenvalue weighted by atomic mass is 10.9. The first-order valence-corrected chi connectivity index (χ1v) is 1.74. The van der Waals surface area contributed by atoms with Crippen LogP contribution in [-0.4, -0.2) is 12.2 Å². The van der Waals surface area contributed by atoms with E-state index in [1.54, 1.807) is 14.0 Å². The Kier molecular flexibility index (Phi) is 2.19. The van der Waals surface area contributed by atoms with Crippen LogP contribution in [0, 0.1) is 0 Å².